The smallest absolute Gasteiger partial charge is 0.332 e. The number of fused-ring (bicyclic) bond motifs is 4. The summed E-state index contributed by atoms with van der Waals surface area (Å²) in [7, 11) is 2.83. The van der Waals surface area contributed by atoms with Crippen molar-refractivity contribution in [1.29, 1.82) is 0 Å². The van der Waals surface area contributed by atoms with Crippen LogP contribution in [0, 0.1) is 5.41 Å². The summed E-state index contributed by atoms with van der Waals surface area (Å²) in [5.41, 5.74) is 0.438. The molecule has 132 valence electrons. The van der Waals surface area contributed by atoms with Crippen molar-refractivity contribution in [1.82, 2.24) is 9.80 Å². The molecule has 0 N–H and O–H groups in total. The van der Waals surface area contributed by atoms with Crippen LogP contribution >= 0.6 is 11.6 Å². The first-order valence-electron chi connectivity index (χ1n) is 8.11. The molecule has 7 nitrogen and oxygen atoms in total. The molecule has 0 saturated carbocycles. The molecule has 0 bridgehead atoms. The molecule has 3 aliphatic rings. The van der Waals surface area contributed by atoms with Crippen molar-refractivity contribution < 1.29 is 19.1 Å². The van der Waals surface area contributed by atoms with E-state index in [1.54, 1.807) is 6.07 Å². The van der Waals surface area contributed by atoms with Gasteiger partial charge >= 0.3 is 6.03 Å². The summed E-state index contributed by atoms with van der Waals surface area (Å²) in [6, 6.07) is 4.39. The number of rotatable bonds is 0. The molecule has 8 heteroatoms. The topological polar surface area (TPSA) is 70.2 Å². The Morgan fingerprint density at radius 2 is 1.84 bits per heavy atom. The minimum Gasteiger partial charge on any atom is -0.377 e. The van der Waals surface area contributed by atoms with Gasteiger partial charge in [-0.15, -0.1) is 0 Å². The number of urea groups is 1. The number of ether oxygens (including phenoxy) is 1. The number of hydrogen-bond donors (Lipinski definition) is 0. The van der Waals surface area contributed by atoms with Gasteiger partial charge in [-0.05, 0) is 24.1 Å². The SMILES string of the molecule is CN1C(=O)N(C)C(=O)C2(Cc3ccc(Cl)cc3N3CCOC[C@H]32)C1=O. The lowest BCUT2D eigenvalue weighted by molar-refractivity contribution is -0.161. The van der Waals surface area contributed by atoms with Gasteiger partial charge in [-0.25, -0.2) is 4.79 Å². The van der Waals surface area contributed by atoms with Crippen molar-refractivity contribution in [3.63, 3.8) is 0 Å². The Bertz CT molecular complexity index is 772. The number of hydrogen-bond acceptors (Lipinski definition) is 5. The molecule has 0 radical (unpaired) electrons. The molecule has 0 aromatic heterocycles. The third-order valence-electron chi connectivity index (χ3n) is 5.47. The van der Waals surface area contributed by atoms with Crippen LogP contribution < -0.4 is 4.90 Å². The molecule has 1 aromatic carbocycles. The number of morpholine rings is 1. The predicted octanol–water partition coefficient (Wildman–Crippen LogP) is 1.14. The van der Waals surface area contributed by atoms with Gasteiger partial charge in [0.15, 0.2) is 5.41 Å². The maximum Gasteiger partial charge on any atom is 0.332 e. The molecule has 1 aromatic rings. The van der Waals surface area contributed by atoms with E-state index in [2.05, 4.69) is 0 Å². The minimum atomic E-state index is -1.36. The Morgan fingerprint density at radius 3 is 2.52 bits per heavy atom. The van der Waals surface area contributed by atoms with Crippen molar-refractivity contribution in [2.45, 2.75) is 12.5 Å². The maximum absolute atomic E-state index is 13.1. The molecule has 3 aliphatic heterocycles. The van der Waals surface area contributed by atoms with Gasteiger partial charge in [0.25, 0.3) is 0 Å². The van der Waals surface area contributed by atoms with E-state index in [9.17, 15) is 14.4 Å². The zero-order chi connectivity index (χ0) is 17.9. The molecular formula is C17H18ClN3O4. The van der Waals surface area contributed by atoms with E-state index in [1.807, 2.05) is 17.0 Å². The maximum atomic E-state index is 13.1. The zero-order valence-electron chi connectivity index (χ0n) is 14.0. The van der Waals surface area contributed by atoms with Crippen molar-refractivity contribution >= 4 is 35.1 Å². The number of imide groups is 2. The highest BCUT2D eigenvalue weighted by atomic mass is 35.5. The highest BCUT2D eigenvalue weighted by Crippen LogP contribution is 2.46. The number of carbonyl (C=O) groups is 3. The van der Waals surface area contributed by atoms with Gasteiger partial charge in [-0.3, -0.25) is 19.4 Å². The van der Waals surface area contributed by atoms with Crippen LogP contribution in [0.1, 0.15) is 5.56 Å². The Kier molecular flexibility index (Phi) is 3.56. The van der Waals surface area contributed by atoms with E-state index in [-0.39, 0.29) is 13.0 Å². The van der Waals surface area contributed by atoms with E-state index < -0.39 is 29.3 Å². The second-order valence-electron chi connectivity index (χ2n) is 6.72. The highest BCUT2D eigenvalue weighted by Gasteiger charge is 2.63. The van der Waals surface area contributed by atoms with Crippen LogP contribution in [0.4, 0.5) is 10.5 Å². The van der Waals surface area contributed by atoms with Gasteiger partial charge in [0.1, 0.15) is 0 Å². The summed E-state index contributed by atoms with van der Waals surface area (Å²) in [6.45, 7) is 1.31. The molecule has 1 spiro atoms. The number of amides is 4. The lowest BCUT2D eigenvalue weighted by atomic mass is 9.68. The van der Waals surface area contributed by atoms with Crippen molar-refractivity contribution in [2.75, 3.05) is 38.8 Å². The number of benzene rings is 1. The second-order valence-corrected chi connectivity index (χ2v) is 7.15. The first kappa shape index (κ1) is 16.4. The fourth-order valence-electron chi connectivity index (χ4n) is 4.20. The molecule has 0 aliphatic carbocycles. The van der Waals surface area contributed by atoms with Gasteiger partial charge in [-0.2, -0.15) is 0 Å². The monoisotopic (exact) mass is 363 g/mol. The summed E-state index contributed by atoms with van der Waals surface area (Å²) in [5.74, 6) is -0.941. The van der Waals surface area contributed by atoms with Gasteiger partial charge in [-0.1, -0.05) is 17.7 Å². The summed E-state index contributed by atoms with van der Waals surface area (Å²) in [5, 5.41) is 0.602. The van der Waals surface area contributed by atoms with Gasteiger partial charge < -0.3 is 9.64 Å². The van der Waals surface area contributed by atoms with Crippen LogP contribution in [0.5, 0.6) is 0 Å². The van der Waals surface area contributed by atoms with Crippen LogP contribution in [0.25, 0.3) is 0 Å². The lowest BCUT2D eigenvalue weighted by Crippen LogP contribution is -2.73. The van der Waals surface area contributed by atoms with E-state index >= 15 is 0 Å². The van der Waals surface area contributed by atoms with E-state index in [0.717, 1.165) is 21.1 Å². The van der Waals surface area contributed by atoms with Gasteiger partial charge in [0.2, 0.25) is 11.8 Å². The first-order chi connectivity index (χ1) is 11.9. The predicted molar refractivity (Wildman–Crippen MR) is 90.5 cm³/mol. The first-order valence-corrected chi connectivity index (χ1v) is 8.49. The molecule has 4 rings (SSSR count). The standard InChI is InChI=1S/C17H18ClN3O4/c1-19-14(22)17(15(23)20(2)16(19)24)8-10-3-4-11(18)7-12(10)21-5-6-25-9-13(17)21/h3-4,7,13H,5-6,8-9H2,1-2H3/t13-/m0/s1. The second kappa shape index (κ2) is 5.44. The van der Waals surface area contributed by atoms with Crippen molar-refractivity contribution in [3.05, 3.63) is 28.8 Å². The van der Waals surface area contributed by atoms with E-state index in [0.29, 0.717) is 18.2 Å². The van der Waals surface area contributed by atoms with E-state index in [4.69, 9.17) is 16.3 Å². The summed E-state index contributed by atoms with van der Waals surface area (Å²) in [4.78, 5) is 42.6. The summed E-state index contributed by atoms with van der Waals surface area (Å²) >= 11 is 6.16. The van der Waals surface area contributed by atoms with Crippen LogP contribution in [-0.2, 0) is 20.7 Å². The number of carbonyl (C=O) groups excluding carboxylic acids is 3. The number of halogens is 1. The van der Waals surface area contributed by atoms with Crippen molar-refractivity contribution in [2.24, 2.45) is 5.41 Å². The van der Waals surface area contributed by atoms with Crippen LogP contribution in [0.15, 0.2) is 18.2 Å². The van der Waals surface area contributed by atoms with Gasteiger partial charge in [0, 0.05) is 31.4 Å². The molecular weight excluding hydrogens is 346 g/mol. The number of nitrogens with zero attached hydrogens (tertiary/aromatic N) is 3. The third kappa shape index (κ3) is 2.05. The third-order valence-corrected chi connectivity index (χ3v) is 5.70. The van der Waals surface area contributed by atoms with Gasteiger partial charge in [0.05, 0.1) is 19.3 Å². The number of anilines is 1. The van der Waals surface area contributed by atoms with E-state index in [1.165, 1.54) is 14.1 Å². The molecule has 4 amide bonds. The normalized spacial score (nSPS) is 25.3. The average molecular weight is 364 g/mol. The molecule has 0 unspecified atom stereocenters. The quantitative estimate of drug-likeness (QED) is 0.646. The van der Waals surface area contributed by atoms with Crippen LogP contribution in [-0.4, -0.2) is 67.5 Å². The average Bonchev–Trinajstić information content (AvgIpc) is 2.63. The van der Waals surface area contributed by atoms with Crippen LogP contribution in [0.2, 0.25) is 5.02 Å². The minimum absolute atomic E-state index is 0.226. The Balaban J connectivity index is 1.92. The lowest BCUT2D eigenvalue weighted by Gasteiger charge is -2.54. The summed E-state index contributed by atoms with van der Waals surface area (Å²) in [6.07, 6.45) is 0.226. The summed E-state index contributed by atoms with van der Waals surface area (Å²) < 4.78 is 5.60. The fraction of sp³-hybridized carbons (Fsp3) is 0.471. The Hall–Kier alpha value is -2.12. The Labute approximate surface area is 150 Å². The number of barbiturate groups is 1. The molecule has 25 heavy (non-hydrogen) atoms. The molecule has 2 fully saturated rings. The van der Waals surface area contributed by atoms with Crippen LogP contribution in [0.3, 0.4) is 0 Å². The van der Waals surface area contributed by atoms with Crippen molar-refractivity contribution in [3.8, 4) is 0 Å². The molecule has 1 atom stereocenters. The fourth-order valence-corrected chi connectivity index (χ4v) is 4.36. The Morgan fingerprint density at radius 1 is 1.16 bits per heavy atom. The largest absolute Gasteiger partial charge is 0.377 e. The highest BCUT2D eigenvalue weighted by molar-refractivity contribution is 6.31. The molecule has 2 saturated heterocycles. The molecule has 3 heterocycles. The zero-order valence-corrected chi connectivity index (χ0v) is 14.7.